The van der Waals surface area contributed by atoms with Crippen LogP contribution in [0.2, 0.25) is 0 Å². The van der Waals surface area contributed by atoms with Gasteiger partial charge in [-0.1, -0.05) is 27.7 Å². The van der Waals surface area contributed by atoms with Crippen molar-refractivity contribution in [3.05, 3.63) is 53.0 Å². The SMILES string of the molecule is Cn1c(SCC(=O)Nc2ccc(Br)cc2F)nnc1-c1ccncc1. The summed E-state index contributed by atoms with van der Waals surface area (Å²) in [5.41, 5.74) is 1.03. The van der Waals surface area contributed by atoms with Crippen LogP contribution in [0.4, 0.5) is 10.1 Å². The molecule has 9 heteroatoms. The Morgan fingerprint density at radius 1 is 1.28 bits per heavy atom. The lowest BCUT2D eigenvalue weighted by atomic mass is 10.2. The van der Waals surface area contributed by atoms with E-state index < -0.39 is 5.82 Å². The molecule has 1 amide bonds. The normalized spacial score (nSPS) is 10.7. The van der Waals surface area contributed by atoms with Crippen LogP contribution in [0, 0.1) is 5.82 Å². The zero-order chi connectivity index (χ0) is 17.8. The van der Waals surface area contributed by atoms with Crippen LogP contribution < -0.4 is 5.32 Å². The molecule has 0 aliphatic heterocycles. The van der Waals surface area contributed by atoms with Crippen molar-refractivity contribution in [1.29, 1.82) is 0 Å². The van der Waals surface area contributed by atoms with E-state index in [-0.39, 0.29) is 17.3 Å². The Kier molecular flexibility index (Phi) is 5.44. The molecule has 0 saturated carbocycles. The number of rotatable bonds is 5. The molecule has 0 spiro atoms. The fraction of sp³-hybridized carbons (Fsp3) is 0.125. The van der Waals surface area contributed by atoms with Gasteiger partial charge in [-0.15, -0.1) is 10.2 Å². The lowest BCUT2D eigenvalue weighted by Crippen LogP contribution is -2.15. The van der Waals surface area contributed by atoms with Gasteiger partial charge in [-0.25, -0.2) is 4.39 Å². The Morgan fingerprint density at radius 2 is 2.04 bits per heavy atom. The van der Waals surface area contributed by atoms with Crippen molar-refractivity contribution in [1.82, 2.24) is 19.7 Å². The van der Waals surface area contributed by atoms with Crippen LogP contribution in [-0.4, -0.2) is 31.4 Å². The molecular weight excluding hydrogens is 409 g/mol. The monoisotopic (exact) mass is 421 g/mol. The first-order chi connectivity index (χ1) is 12.0. The summed E-state index contributed by atoms with van der Waals surface area (Å²) in [6.07, 6.45) is 3.36. The van der Waals surface area contributed by atoms with Crippen LogP contribution in [0.15, 0.2) is 52.4 Å². The molecule has 0 saturated heterocycles. The molecule has 2 heterocycles. The minimum atomic E-state index is -0.494. The summed E-state index contributed by atoms with van der Waals surface area (Å²) < 4.78 is 16.2. The minimum absolute atomic E-state index is 0.0951. The van der Waals surface area contributed by atoms with E-state index in [1.165, 1.54) is 23.9 Å². The van der Waals surface area contributed by atoms with Gasteiger partial charge in [-0.2, -0.15) is 0 Å². The third kappa shape index (κ3) is 4.23. The maximum atomic E-state index is 13.7. The number of benzene rings is 1. The molecule has 0 aliphatic carbocycles. The number of pyridine rings is 1. The van der Waals surface area contributed by atoms with Gasteiger partial charge in [0, 0.05) is 29.5 Å². The highest BCUT2D eigenvalue weighted by molar-refractivity contribution is 9.10. The molecule has 6 nitrogen and oxygen atoms in total. The van der Waals surface area contributed by atoms with Gasteiger partial charge in [0.25, 0.3) is 0 Å². The molecule has 25 heavy (non-hydrogen) atoms. The zero-order valence-electron chi connectivity index (χ0n) is 13.1. The van der Waals surface area contributed by atoms with Gasteiger partial charge in [-0.05, 0) is 30.3 Å². The van der Waals surface area contributed by atoms with E-state index >= 15 is 0 Å². The van der Waals surface area contributed by atoms with Crippen molar-refractivity contribution in [2.75, 3.05) is 11.1 Å². The van der Waals surface area contributed by atoms with Crippen LogP contribution in [0.3, 0.4) is 0 Å². The smallest absolute Gasteiger partial charge is 0.234 e. The van der Waals surface area contributed by atoms with Crippen molar-refractivity contribution in [2.45, 2.75) is 5.16 Å². The highest BCUT2D eigenvalue weighted by Crippen LogP contribution is 2.23. The van der Waals surface area contributed by atoms with E-state index in [1.54, 1.807) is 23.0 Å². The standard InChI is InChI=1S/C16H13BrFN5OS/c1-23-15(10-4-6-19-7-5-10)21-22-16(23)25-9-14(24)20-13-3-2-11(17)8-12(13)18/h2-8H,9H2,1H3,(H,20,24). The quantitative estimate of drug-likeness (QED) is 0.638. The average molecular weight is 422 g/mol. The van der Waals surface area contributed by atoms with Crippen LogP contribution in [-0.2, 0) is 11.8 Å². The summed E-state index contributed by atoms with van der Waals surface area (Å²) in [5.74, 6) is -0.0343. The predicted octanol–water partition coefficient (Wildman–Crippen LogP) is 3.51. The number of hydrogen-bond acceptors (Lipinski definition) is 5. The van der Waals surface area contributed by atoms with E-state index in [0.717, 1.165) is 5.56 Å². The maximum absolute atomic E-state index is 13.7. The minimum Gasteiger partial charge on any atom is -0.323 e. The van der Waals surface area contributed by atoms with Crippen molar-refractivity contribution < 1.29 is 9.18 Å². The van der Waals surface area contributed by atoms with Gasteiger partial charge in [0.2, 0.25) is 5.91 Å². The molecule has 1 aromatic carbocycles. The average Bonchev–Trinajstić information content (AvgIpc) is 2.97. The van der Waals surface area contributed by atoms with Crippen LogP contribution in [0.1, 0.15) is 0 Å². The highest BCUT2D eigenvalue weighted by Gasteiger charge is 2.13. The Morgan fingerprint density at radius 3 is 2.76 bits per heavy atom. The van der Waals surface area contributed by atoms with Gasteiger partial charge < -0.3 is 9.88 Å². The zero-order valence-corrected chi connectivity index (χ0v) is 15.5. The van der Waals surface area contributed by atoms with Gasteiger partial charge in [0.1, 0.15) is 5.82 Å². The molecule has 2 aromatic heterocycles. The molecular formula is C16H13BrFN5OS. The predicted molar refractivity (Wildman–Crippen MR) is 97.7 cm³/mol. The molecule has 128 valence electrons. The summed E-state index contributed by atoms with van der Waals surface area (Å²) in [6, 6.07) is 8.14. The first kappa shape index (κ1) is 17.6. The number of nitrogens with one attached hydrogen (secondary N) is 1. The molecule has 0 atom stereocenters. The van der Waals surface area contributed by atoms with Crippen molar-refractivity contribution in [2.24, 2.45) is 7.05 Å². The van der Waals surface area contributed by atoms with Gasteiger partial charge in [0.15, 0.2) is 11.0 Å². The van der Waals surface area contributed by atoms with E-state index in [4.69, 9.17) is 0 Å². The second kappa shape index (κ2) is 7.75. The number of anilines is 1. The summed E-state index contributed by atoms with van der Waals surface area (Å²) in [7, 11) is 1.82. The Hall–Kier alpha value is -2.26. The van der Waals surface area contributed by atoms with Gasteiger partial charge in [-0.3, -0.25) is 9.78 Å². The first-order valence-corrected chi connectivity index (χ1v) is 9.00. The van der Waals surface area contributed by atoms with Crippen molar-refractivity contribution in [3.8, 4) is 11.4 Å². The number of aromatic nitrogens is 4. The Bertz CT molecular complexity index is 903. The van der Waals surface area contributed by atoms with Gasteiger partial charge >= 0.3 is 0 Å². The molecule has 0 fully saturated rings. The summed E-state index contributed by atoms with van der Waals surface area (Å²) in [4.78, 5) is 16.0. The molecule has 1 N–H and O–H groups in total. The van der Waals surface area contributed by atoms with E-state index in [0.29, 0.717) is 15.5 Å². The van der Waals surface area contributed by atoms with E-state index in [2.05, 4.69) is 36.4 Å². The molecule has 0 radical (unpaired) electrons. The number of hydrogen-bond donors (Lipinski definition) is 1. The second-order valence-electron chi connectivity index (χ2n) is 5.06. The fourth-order valence-electron chi connectivity index (χ4n) is 2.10. The summed E-state index contributed by atoms with van der Waals surface area (Å²) >= 11 is 4.40. The number of carbonyl (C=O) groups is 1. The number of carbonyl (C=O) groups excluding carboxylic acids is 1. The molecule has 0 bridgehead atoms. The number of nitrogens with zero attached hydrogens (tertiary/aromatic N) is 4. The van der Waals surface area contributed by atoms with Crippen molar-refractivity contribution in [3.63, 3.8) is 0 Å². The largest absolute Gasteiger partial charge is 0.323 e. The Labute approximate surface area is 156 Å². The second-order valence-corrected chi connectivity index (χ2v) is 6.92. The van der Waals surface area contributed by atoms with E-state index in [1.807, 2.05) is 19.2 Å². The third-order valence-corrected chi connectivity index (χ3v) is 4.82. The molecule has 3 aromatic rings. The first-order valence-electron chi connectivity index (χ1n) is 7.22. The number of thioether (sulfide) groups is 1. The summed E-state index contributed by atoms with van der Waals surface area (Å²) in [5, 5.41) is 11.4. The lowest BCUT2D eigenvalue weighted by molar-refractivity contribution is -0.113. The topological polar surface area (TPSA) is 72.7 Å². The maximum Gasteiger partial charge on any atom is 0.234 e. The molecule has 0 unspecified atom stereocenters. The molecule has 3 rings (SSSR count). The van der Waals surface area contributed by atoms with Crippen molar-refractivity contribution >= 4 is 39.3 Å². The molecule has 0 aliphatic rings. The van der Waals surface area contributed by atoms with Gasteiger partial charge in [0.05, 0.1) is 11.4 Å². The third-order valence-electron chi connectivity index (χ3n) is 3.31. The Balaban J connectivity index is 1.64. The fourth-order valence-corrected chi connectivity index (χ4v) is 3.14. The van der Waals surface area contributed by atoms with Crippen LogP contribution in [0.25, 0.3) is 11.4 Å². The summed E-state index contributed by atoms with van der Waals surface area (Å²) in [6.45, 7) is 0. The van der Waals surface area contributed by atoms with E-state index in [9.17, 15) is 9.18 Å². The number of amides is 1. The highest BCUT2D eigenvalue weighted by atomic mass is 79.9. The number of halogens is 2. The lowest BCUT2D eigenvalue weighted by Gasteiger charge is -2.07. The van der Waals surface area contributed by atoms with Crippen LogP contribution in [0.5, 0.6) is 0 Å². The van der Waals surface area contributed by atoms with Crippen LogP contribution >= 0.6 is 27.7 Å².